The van der Waals surface area contributed by atoms with Crippen LogP contribution in [0.1, 0.15) is 0 Å². The Morgan fingerprint density at radius 2 is 0.555 bits per heavy atom. The molecule has 119 heavy (non-hydrogen) atoms. The minimum Gasteiger partial charge on any atom is -0.455 e. The molecule has 0 aliphatic heterocycles. The highest BCUT2D eigenvalue weighted by Gasteiger charge is 2.23. The van der Waals surface area contributed by atoms with Crippen molar-refractivity contribution in [1.29, 1.82) is 0 Å². The lowest BCUT2D eigenvalue weighted by Crippen LogP contribution is -1.96. The largest absolute Gasteiger partial charge is 0.455 e. The Kier molecular flexibility index (Phi) is 17.6. The Labute approximate surface area is 695 Å². The first-order valence-electron chi connectivity index (χ1n) is 40.4. The van der Waals surface area contributed by atoms with Gasteiger partial charge in [-0.3, -0.25) is 0 Å². The molecule has 0 radical (unpaired) electrons. The van der Waals surface area contributed by atoms with E-state index in [0.29, 0.717) is 0 Å². The lowest BCUT2D eigenvalue weighted by Gasteiger charge is -2.13. The van der Waals surface area contributed by atoms with Crippen molar-refractivity contribution in [3.8, 4) is 106 Å². The normalized spacial score (nSPS) is 11.6. The number of nitrogens with zero attached hydrogens (tertiary/aromatic N) is 3. The van der Waals surface area contributed by atoms with Gasteiger partial charge in [0.25, 0.3) is 0 Å². The number of hydrogen-bond acceptors (Lipinski definition) is 2. The first-order chi connectivity index (χ1) is 58.9. The molecule has 0 unspecified atom stereocenters. The molecule has 18 aromatic carbocycles. The van der Waals surface area contributed by atoms with Crippen molar-refractivity contribution in [3.63, 3.8) is 0 Å². The second-order valence-corrected chi connectivity index (χ2v) is 31.3. The van der Waals surface area contributed by atoms with Crippen molar-refractivity contribution in [1.82, 2.24) is 18.7 Å². The number of hydrogen-bond donors (Lipinski definition) is 1. The number of fused-ring (bicyclic) bond motifs is 16. The van der Waals surface area contributed by atoms with Crippen LogP contribution < -0.4 is 0 Å². The van der Waals surface area contributed by atoms with Crippen molar-refractivity contribution in [3.05, 3.63) is 442 Å². The average Bonchev–Trinajstić information content (AvgIpc) is 1.56. The second-order valence-electron chi connectivity index (χ2n) is 30.4. The summed E-state index contributed by atoms with van der Waals surface area (Å²) in [6.45, 7) is 0. The Balaban J connectivity index is 0.000000119. The summed E-state index contributed by atoms with van der Waals surface area (Å²) in [6, 6.07) is 151. The second kappa shape index (κ2) is 29.8. The highest BCUT2D eigenvalue weighted by molar-refractivity contribution is 9.10. The minimum atomic E-state index is 0.908. The first-order valence-corrected chi connectivity index (χ1v) is 41.1. The monoisotopic (exact) mass is 1580 g/mol. The van der Waals surface area contributed by atoms with Crippen molar-refractivity contribution < 1.29 is 8.83 Å². The molecule has 6 aromatic heterocycles. The summed E-state index contributed by atoms with van der Waals surface area (Å²) >= 11 is 3.51. The van der Waals surface area contributed by atoms with Crippen LogP contribution in [0.5, 0.6) is 0 Å². The number of aromatic nitrogens is 4. The van der Waals surface area contributed by atoms with E-state index in [9.17, 15) is 0 Å². The summed E-state index contributed by atoms with van der Waals surface area (Å²) in [5, 5.41) is 12.0. The standard InChI is InChI=1S/C56H36N2O.C32H22N2.C24H15BrO/c1-4-14-37(15-5-1)41-34-42(38-16-6-2-7-17-38)36-44(35-41)57-33-32-51-52(57)31-30-48-47-20-10-11-25-53(47)58(54(48)51)43-28-26-40(27-29-43)46-22-13-24-50-49-23-12-21-45(55(49)59-56(46)50)39-18-8-3-9-19-39;1-3-9-22(10-4-1)24-19-25(23-11-5-2-6-12-23)21-26(20-24)34-18-17-29-31(34)16-15-28-27-13-7-8-14-30(27)33-32(28)29;25-18-14-12-17(13-15-18)20-9-5-11-22-21-10-4-8-19(23(21)26-24(20)22)16-6-2-1-3-7-16/h1-36H;1-21,33H;1-15H. The van der Waals surface area contributed by atoms with Gasteiger partial charge in [-0.1, -0.05) is 344 Å². The zero-order valence-corrected chi connectivity index (χ0v) is 66.2. The predicted octanol–water partition coefficient (Wildman–Crippen LogP) is 31.6. The first kappa shape index (κ1) is 70.4. The molecule has 0 saturated heterocycles. The molecular weight excluding hydrogens is 1510 g/mol. The molecule has 24 rings (SSSR count). The van der Waals surface area contributed by atoms with Gasteiger partial charge in [0.2, 0.25) is 0 Å². The molecule has 6 nitrogen and oxygen atoms in total. The average molecular weight is 1590 g/mol. The summed E-state index contributed by atoms with van der Waals surface area (Å²) in [6.07, 6.45) is 4.42. The van der Waals surface area contributed by atoms with Crippen LogP contribution in [0.15, 0.2) is 450 Å². The van der Waals surface area contributed by atoms with Gasteiger partial charge in [-0.25, -0.2) is 0 Å². The Hall–Kier alpha value is -15.3. The maximum atomic E-state index is 6.79. The fraction of sp³-hybridized carbons (Fsp3) is 0. The molecule has 6 heterocycles. The van der Waals surface area contributed by atoms with E-state index < -0.39 is 0 Å². The van der Waals surface area contributed by atoms with Crippen molar-refractivity contribution in [2.75, 3.05) is 0 Å². The van der Waals surface area contributed by atoms with Crippen LogP contribution in [0, 0.1) is 0 Å². The van der Waals surface area contributed by atoms with Gasteiger partial charge in [0.05, 0.1) is 27.6 Å². The fourth-order valence-electron chi connectivity index (χ4n) is 17.8. The van der Waals surface area contributed by atoms with Gasteiger partial charge in [-0.2, -0.15) is 0 Å². The molecule has 0 aliphatic rings. The maximum absolute atomic E-state index is 6.79. The molecule has 0 fully saturated rings. The maximum Gasteiger partial charge on any atom is 0.143 e. The SMILES string of the molecule is Brc1ccc(-c2cccc3c2oc2c(-c4ccccc4)cccc23)cc1.c1ccc(-c2cc(-c3ccccc3)cc(-n3ccc4c3ccc3c5ccccc5n(-c5ccc(-c6cccc7c6oc6c(-c8ccccc8)cccc67)cc5)c34)c2)cc1.c1ccc(-c2cc(-c3ccccc3)cc(-n3ccc4c5[nH]c6ccccc6c5ccc43)c2)cc1. The molecule has 1 N–H and O–H groups in total. The smallest absolute Gasteiger partial charge is 0.143 e. The van der Waals surface area contributed by atoms with Gasteiger partial charge in [0.15, 0.2) is 0 Å². The number of furan rings is 2. The van der Waals surface area contributed by atoms with E-state index in [-0.39, 0.29) is 0 Å². The van der Waals surface area contributed by atoms with E-state index in [1.807, 2.05) is 6.07 Å². The van der Waals surface area contributed by atoms with Crippen LogP contribution >= 0.6 is 15.9 Å². The third kappa shape index (κ3) is 12.7. The number of para-hydroxylation sites is 6. The van der Waals surface area contributed by atoms with Crippen LogP contribution in [-0.2, 0) is 0 Å². The van der Waals surface area contributed by atoms with Crippen LogP contribution in [0.4, 0.5) is 0 Å². The lowest BCUT2D eigenvalue weighted by molar-refractivity contribution is 0.670. The summed E-state index contributed by atoms with van der Waals surface area (Å²) in [5.41, 5.74) is 32.9. The van der Waals surface area contributed by atoms with Gasteiger partial charge in [-0.05, 0) is 164 Å². The Morgan fingerprint density at radius 1 is 0.210 bits per heavy atom. The predicted molar refractivity (Wildman–Crippen MR) is 502 cm³/mol. The van der Waals surface area contributed by atoms with Crippen molar-refractivity contribution in [2.24, 2.45) is 0 Å². The van der Waals surface area contributed by atoms with Gasteiger partial charge >= 0.3 is 0 Å². The highest BCUT2D eigenvalue weighted by Crippen LogP contribution is 2.46. The Bertz CT molecular complexity index is 7820. The number of aromatic amines is 1. The zero-order chi connectivity index (χ0) is 78.9. The van der Waals surface area contributed by atoms with Crippen LogP contribution in [-0.4, -0.2) is 18.7 Å². The molecular formula is C112H73BrN4O2. The number of H-pyrrole nitrogens is 1. The summed E-state index contributed by atoms with van der Waals surface area (Å²) in [7, 11) is 0. The topological polar surface area (TPSA) is 56.9 Å². The van der Waals surface area contributed by atoms with Crippen molar-refractivity contribution >= 4 is 125 Å². The third-order valence-corrected chi connectivity index (χ3v) is 24.0. The summed E-state index contributed by atoms with van der Waals surface area (Å²) in [5.74, 6) is 0. The van der Waals surface area contributed by atoms with Gasteiger partial charge < -0.3 is 27.5 Å². The molecule has 7 heteroatoms. The zero-order valence-electron chi connectivity index (χ0n) is 64.6. The van der Waals surface area contributed by atoms with Gasteiger partial charge in [-0.15, -0.1) is 0 Å². The van der Waals surface area contributed by atoms with Crippen LogP contribution in [0.25, 0.3) is 215 Å². The van der Waals surface area contributed by atoms with E-state index in [1.165, 1.54) is 110 Å². The molecule has 0 spiro atoms. The van der Waals surface area contributed by atoms with E-state index in [4.69, 9.17) is 8.83 Å². The van der Waals surface area contributed by atoms with E-state index in [0.717, 1.165) is 110 Å². The van der Waals surface area contributed by atoms with Crippen molar-refractivity contribution in [2.45, 2.75) is 0 Å². The van der Waals surface area contributed by atoms with Gasteiger partial charge in [0, 0.05) is 116 Å². The van der Waals surface area contributed by atoms with E-state index in [1.54, 1.807) is 0 Å². The molecule has 560 valence electrons. The quantitative estimate of drug-likeness (QED) is 0.140. The molecule has 24 aromatic rings. The minimum absolute atomic E-state index is 0.908. The number of benzene rings is 18. The van der Waals surface area contributed by atoms with E-state index in [2.05, 4.69) is 466 Å². The summed E-state index contributed by atoms with van der Waals surface area (Å²) in [4.78, 5) is 3.65. The lowest BCUT2D eigenvalue weighted by atomic mass is 9.98. The molecule has 0 atom stereocenters. The van der Waals surface area contributed by atoms with Crippen LogP contribution in [0.2, 0.25) is 0 Å². The number of nitrogens with one attached hydrogen (secondary N) is 1. The van der Waals surface area contributed by atoms with E-state index >= 15 is 0 Å². The third-order valence-electron chi connectivity index (χ3n) is 23.5. The fourth-order valence-corrected chi connectivity index (χ4v) is 18.1. The number of rotatable bonds is 11. The molecule has 0 bridgehead atoms. The molecule has 0 aliphatic carbocycles. The Morgan fingerprint density at radius 3 is 0.992 bits per heavy atom. The van der Waals surface area contributed by atoms with Crippen LogP contribution in [0.3, 0.4) is 0 Å². The molecule has 0 amide bonds. The number of halogens is 1. The molecule has 0 saturated carbocycles. The summed E-state index contributed by atoms with van der Waals surface area (Å²) < 4.78 is 21.4. The highest BCUT2D eigenvalue weighted by atomic mass is 79.9. The van der Waals surface area contributed by atoms with Gasteiger partial charge in [0.1, 0.15) is 22.3 Å².